The van der Waals surface area contributed by atoms with E-state index in [1.165, 1.54) is 19.2 Å². The minimum atomic E-state index is -0.807. The van der Waals surface area contributed by atoms with E-state index in [1.807, 2.05) is 0 Å². The molecule has 0 spiro atoms. The number of ether oxygens (including phenoxy) is 1. The van der Waals surface area contributed by atoms with Crippen LogP contribution in [0.2, 0.25) is 0 Å². The predicted molar refractivity (Wildman–Crippen MR) is 55.0 cm³/mol. The predicted octanol–water partition coefficient (Wildman–Crippen LogP) is 0.366. The zero-order valence-electron chi connectivity index (χ0n) is 8.67. The molecule has 0 radical (unpaired) electrons. The number of carbonyl (C=O) groups excluding carboxylic acids is 1. The third-order valence-corrected chi connectivity index (χ3v) is 2.17. The highest BCUT2D eigenvalue weighted by Crippen LogP contribution is 2.39. The molecule has 0 saturated heterocycles. The highest BCUT2D eigenvalue weighted by molar-refractivity contribution is 5.70. The topological polar surface area (TPSA) is 113 Å². The van der Waals surface area contributed by atoms with E-state index in [0.717, 1.165) is 0 Å². The number of esters is 1. The van der Waals surface area contributed by atoms with Gasteiger partial charge in [-0.3, -0.25) is 4.79 Å². The molecule has 0 unspecified atom stereocenters. The minimum absolute atomic E-state index is 0.131. The number of carbonyl (C=O) groups is 1. The number of methoxy groups -OCH3 is 1. The lowest BCUT2D eigenvalue weighted by Gasteiger charge is -2.13. The summed E-state index contributed by atoms with van der Waals surface area (Å²) in [4.78, 5) is 11.0. The standard InChI is InChI=1S/C10H13NO5/c1-16-8(13)4-6(11)5-2-3-7(12)10(15)9(5)14/h2-3,6,12,14-15H,4,11H2,1H3/t6-/m0/s1. The fourth-order valence-corrected chi connectivity index (χ4v) is 1.26. The van der Waals surface area contributed by atoms with Gasteiger partial charge in [0.25, 0.3) is 0 Å². The first-order chi connectivity index (χ1) is 7.47. The lowest BCUT2D eigenvalue weighted by Crippen LogP contribution is -2.16. The molecule has 0 aliphatic rings. The van der Waals surface area contributed by atoms with Crippen molar-refractivity contribution < 1.29 is 24.9 Å². The number of phenols is 3. The quantitative estimate of drug-likeness (QED) is 0.438. The van der Waals surface area contributed by atoms with E-state index in [4.69, 9.17) is 10.8 Å². The van der Waals surface area contributed by atoms with Crippen molar-refractivity contribution in [2.24, 2.45) is 5.73 Å². The van der Waals surface area contributed by atoms with Gasteiger partial charge in [-0.1, -0.05) is 0 Å². The SMILES string of the molecule is COC(=O)C[C@H](N)c1ccc(O)c(O)c1O. The summed E-state index contributed by atoms with van der Waals surface area (Å²) in [7, 11) is 1.23. The van der Waals surface area contributed by atoms with Crippen molar-refractivity contribution in [2.75, 3.05) is 7.11 Å². The van der Waals surface area contributed by atoms with E-state index >= 15 is 0 Å². The molecule has 1 rings (SSSR count). The summed E-state index contributed by atoms with van der Waals surface area (Å²) in [5.74, 6) is -2.17. The van der Waals surface area contributed by atoms with Crippen LogP contribution in [0.5, 0.6) is 17.2 Å². The Balaban J connectivity index is 2.96. The Hall–Kier alpha value is -1.95. The van der Waals surface area contributed by atoms with Gasteiger partial charge in [0, 0.05) is 11.6 Å². The Morgan fingerprint density at radius 2 is 2.00 bits per heavy atom. The van der Waals surface area contributed by atoms with Crippen LogP contribution in [0.15, 0.2) is 12.1 Å². The number of aromatic hydroxyl groups is 3. The summed E-state index contributed by atoms with van der Waals surface area (Å²) in [6.07, 6.45) is -0.131. The Kier molecular flexibility index (Phi) is 3.57. The average molecular weight is 227 g/mol. The highest BCUT2D eigenvalue weighted by atomic mass is 16.5. The maximum absolute atomic E-state index is 11.0. The summed E-state index contributed by atoms with van der Waals surface area (Å²) in [6, 6.07) is 1.71. The van der Waals surface area contributed by atoms with Gasteiger partial charge in [-0.2, -0.15) is 0 Å². The fourth-order valence-electron chi connectivity index (χ4n) is 1.26. The summed E-state index contributed by atoms with van der Waals surface area (Å²) >= 11 is 0. The minimum Gasteiger partial charge on any atom is -0.504 e. The van der Waals surface area contributed by atoms with Gasteiger partial charge < -0.3 is 25.8 Å². The third-order valence-electron chi connectivity index (χ3n) is 2.17. The molecule has 1 aromatic carbocycles. The van der Waals surface area contributed by atoms with Crippen LogP contribution in [0.25, 0.3) is 0 Å². The van der Waals surface area contributed by atoms with Gasteiger partial charge in [-0.25, -0.2) is 0 Å². The summed E-state index contributed by atoms with van der Waals surface area (Å²) in [5, 5.41) is 27.8. The second-order valence-electron chi connectivity index (χ2n) is 3.26. The highest BCUT2D eigenvalue weighted by Gasteiger charge is 2.19. The van der Waals surface area contributed by atoms with Crippen molar-refractivity contribution >= 4 is 5.97 Å². The largest absolute Gasteiger partial charge is 0.504 e. The number of hydrogen-bond donors (Lipinski definition) is 4. The first-order valence-corrected chi connectivity index (χ1v) is 4.53. The molecule has 0 aliphatic carbocycles. The zero-order valence-corrected chi connectivity index (χ0v) is 8.67. The monoisotopic (exact) mass is 227 g/mol. The number of nitrogens with two attached hydrogens (primary N) is 1. The lowest BCUT2D eigenvalue weighted by molar-refractivity contribution is -0.141. The summed E-state index contributed by atoms with van der Waals surface area (Å²) < 4.78 is 4.42. The number of phenolic OH excluding ortho intramolecular Hbond substituents is 3. The van der Waals surface area contributed by atoms with Gasteiger partial charge in [0.1, 0.15) is 0 Å². The molecule has 1 atom stereocenters. The van der Waals surface area contributed by atoms with E-state index in [-0.39, 0.29) is 12.0 Å². The Bertz CT molecular complexity index is 404. The molecule has 0 bridgehead atoms. The van der Waals surface area contributed by atoms with E-state index in [1.54, 1.807) is 0 Å². The van der Waals surface area contributed by atoms with Crippen LogP contribution in [-0.4, -0.2) is 28.4 Å². The molecule has 0 fully saturated rings. The van der Waals surface area contributed by atoms with Gasteiger partial charge in [0.05, 0.1) is 13.5 Å². The fraction of sp³-hybridized carbons (Fsp3) is 0.300. The van der Waals surface area contributed by atoms with Gasteiger partial charge in [-0.05, 0) is 12.1 Å². The third kappa shape index (κ3) is 2.34. The van der Waals surface area contributed by atoms with E-state index in [9.17, 15) is 15.0 Å². The van der Waals surface area contributed by atoms with Gasteiger partial charge >= 0.3 is 5.97 Å². The van der Waals surface area contributed by atoms with E-state index in [0.29, 0.717) is 0 Å². The Morgan fingerprint density at radius 3 is 2.56 bits per heavy atom. The average Bonchev–Trinajstić information content (AvgIpc) is 2.25. The first-order valence-electron chi connectivity index (χ1n) is 4.53. The molecule has 1 aromatic rings. The van der Waals surface area contributed by atoms with Crippen LogP contribution in [0.3, 0.4) is 0 Å². The van der Waals surface area contributed by atoms with Crippen molar-refractivity contribution in [3.05, 3.63) is 17.7 Å². The normalized spacial score (nSPS) is 12.1. The Labute approximate surface area is 91.9 Å². The molecule has 0 heterocycles. The van der Waals surface area contributed by atoms with Crippen LogP contribution in [0.4, 0.5) is 0 Å². The van der Waals surface area contributed by atoms with E-state index < -0.39 is 29.3 Å². The van der Waals surface area contributed by atoms with Gasteiger partial charge in [0.15, 0.2) is 11.5 Å². The molecular formula is C10H13NO5. The van der Waals surface area contributed by atoms with Gasteiger partial charge in [0.2, 0.25) is 5.75 Å². The molecular weight excluding hydrogens is 214 g/mol. The molecule has 0 saturated carbocycles. The van der Waals surface area contributed by atoms with Crippen molar-refractivity contribution in [1.82, 2.24) is 0 Å². The van der Waals surface area contributed by atoms with Crippen LogP contribution in [0, 0.1) is 0 Å². The molecule has 6 nitrogen and oxygen atoms in total. The maximum atomic E-state index is 11.0. The summed E-state index contributed by atoms with van der Waals surface area (Å²) in [5.41, 5.74) is 5.81. The van der Waals surface area contributed by atoms with Gasteiger partial charge in [-0.15, -0.1) is 0 Å². The zero-order chi connectivity index (χ0) is 12.3. The van der Waals surface area contributed by atoms with Crippen LogP contribution < -0.4 is 5.73 Å². The van der Waals surface area contributed by atoms with Crippen LogP contribution in [0.1, 0.15) is 18.0 Å². The van der Waals surface area contributed by atoms with Crippen LogP contribution in [-0.2, 0) is 9.53 Å². The maximum Gasteiger partial charge on any atom is 0.307 e. The number of rotatable bonds is 3. The van der Waals surface area contributed by atoms with Crippen molar-refractivity contribution in [1.29, 1.82) is 0 Å². The lowest BCUT2D eigenvalue weighted by atomic mass is 10.0. The molecule has 0 aromatic heterocycles. The second kappa shape index (κ2) is 4.71. The van der Waals surface area contributed by atoms with Crippen molar-refractivity contribution in [3.8, 4) is 17.2 Å². The van der Waals surface area contributed by atoms with Crippen molar-refractivity contribution in [2.45, 2.75) is 12.5 Å². The molecule has 5 N–H and O–H groups in total. The second-order valence-corrected chi connectivity index (χ2v) is 3.26. The Morgan fingerprint density at radius 1 is 1.38 bits per heavy atom. The molecule has 6 heteroatoms. The van der Waals surface area contributed by atoms with Crippen molar-refractivity contribution in [3.63, 3.8) is 0 Å². The van der Waals surface area contributed by atoms with Crippen LogP contribution >= 0.6 is 0 Å². The molecule has 0 aliphatic heterocycles. The molecule has 16 heavy (non-hydrogen) atoms. The number of benzene rings is 1. The molecule has 0 amide bonds. The van der Waals surface area contributed by atoms with E-state index in [2.05, 4.69) is 4.74 Å². The molecule has 88 valence electrons. The first kappa shape index (κ1) is 12.1. The summed E-state index contributed by atoms with van der Waals surface area (Å²) in [6.45, 7) is 0. The smallest absolute Gasteiger partial charge is 0.307 e. The number of hydrogen-bond acceptors (Lipinski definition) is 6.